The highest BCUT2D eigenvalue weighted by Gasteiger charge is 2.15. The van der Waals surface area contributed by atoms with Gasteiger partial charge >= 0.3 is 0 Å². The van der Waals surface area contributed by atoms with Crippen molar-refractivity contribution in [2.75, 3.05) is 7.11 Å². The Balaban J connectivity index is 2.16. The van der Waals surface area contributed by atoms with Crippen LogP contribution in [0.1, 0.15) is 0 Å². The summed E-state index contributed by atoms with van der Waals surface area (Å²) < 4.78 is 6.98. The highest BCUT2D eigenvalue weighted by Crippen LogP contribution is 2.30. The standard InChI is InChI=1S/C19H12N2O2/c1-23-12-8-9-15-16(10-12)21-18(20-15)13-6-2-4-11-5-3-7-14(17(11)13)19(21)22/h2-10H,1H3. The zero-order valence-electron chi connectivity index (χ0n) is 12.4. The van der Waals surface area contributed by atoms with Gasteiger partial charge in [-0.25, -0.2) is 4.98 Å². The Morgan fingerprint density at radius 2 is 1.78 bits per heavy atom. The van der Waals surface area contributed by atoms with Gasteiger partial charge in [-0.05, 0) is 23.6 Å². The van der Waals surface area contributed by atoms with Crippen molar-refractivity contribution < 1.29 is 4.74 Å². The number of imidazole rings is 1. The number of aromatic nitrogens is 2. The van der Waals surface area contributed by atoms with E-state index in [2.05, 4.69) is 4.98 Å². The van der Waals surface area contributed by atoms with Gasteiger partial charge in [0, 0.05) is 22.2 Å². The summed E-state index contributed by atoms with van der Waals surface area (Å²) in [6.07, 6.45) is 0. The molecule has 0 saturated heterocycles. The molecule has 0 bridgehead atoms. The zero-order chi connectivity index (χ0) is 15.6. The van der Waals surface area contributed by atoms with Crippen LogP contribution in [0.15, 0.2) is 59.4 Å². The molecule has 0 amide bonds. The predicted octanol–water partition coefficient (Wildman–Crippen LogP) is 3.60. The second-order valence-corrected chi connectivity index (χ2v) is 5.64. The van der Waals surface area contributed by atoms with Crippen LogP contribution in [-0.2, 0) is 0 Å². The normalized spacial score (nSPS) is 11.9. The fraction of sp³-hybridized carbons (Fsp3) is 0.0526. The van der Waals surface area contributed by atoms with Crippen LogP contribution >= 0.6 is 0 Å². The first-order valence-electron chi connectivity index (χ1n) is 7.41. The summed E-state index contributed by atoms with van der Waals surface area (Å²) >= 11 is 0. The van der Waals surface area contributed by atoms with Gasteiger partial charge < -0.3 is 4.74 Å². The van der Waals surface area contributed by atoms with E-state index in [9.17, 15) is 4.79 Å². The molecule has 2 heterocycles. The number of hydrogen-bond acceptors (Lipinski definition) is 3. The average molecular weight is 300 g/mol. The molecule has 0 radical (unpaired) electrons. The highest BCUT2D eigenvalue weighted by molar-refractivity contribution is 6.15. The van der Waals surface area contributed by atoms with E-state index in [0.717, 1.165) is 27.2 Å². The molecule has 110 valence electrons. The third-order valence-corrected chi connectivity index (χ3v) is 4.44. The van der Waals surface area contributed by atoms with Crippen molar-refractivity contribution in [3.05, 3.63) is 65.0 Å². The second kappa shape index (κ2) is 4.20. The van der Waals surface area contributed by atoms with E-state index in [0.29, 0.717) is 16.8 Å². The van der Waals surface area contributed by atoms with Crippen LogP contribution in [-0.4, -0.2) is 16.5 Å². The number of nitrogens with zero attached hydrogens (tertiary/aromatic N) is 2. The van der Waals surface area contributed by atoms with Gasteiger partial charge in [-0.1, -0.05) is 30.3 Å². The van der Waals surface area contributed by atoms with Crippen molar-refractivity contribution in [1.82, 2.24) is 9.38 Å². The minimum absolute atomic E-state index is 0.0416. The molecule has 0 spiro atoms. The van der Waals surface area contributed by atoms with Gasteiger partial charge in [0.2, 0.25) is 0 Å². The van der Waals surface area contributed by atoms with Gasteiger partial charge in [-0.3, -0.25) is 9.20 Å². The number of benzene rings is 3. The lowest BCUT2D eigenvalue weighted by atomic mass is 10.0. The Labute approximate surface area is 130 Å². The van der Waals surface area contributed by atoms with E-state index < -0.39 is 0 Å². The Hall–Kier alpha value is -3.14. The summed E-state index contributed by atoms with van der Waals surface area (Å²) in [4.78, 5) is 17.7. The Morgan fingerprint density at radius 3 is 2.57 bits per heavy atom. The minimum atomic E-state index is -0.0416. The number of pyridine rings is 1. The lowest BCUT2D eigenvalue weighted by Crippen LogP contribution is -2.13. The summed E-state index contributed by atoms with van der Waals surface area (Å²) in [5.41, 5.74) is 2.22. The number of rotatable bonds is 1. The summed E-state index contributed by atoms with van der Waals surface area (Å²) in [6.45, 7) is 0. The molecule has 0 aliphatic carbocycles. The van der Waals surface area contributed by atoms with Crippen LogP contribution in [0.2, 0.25) is 0 Å². The van der Waals surface area contributed by atoms with Gasteiger partial charge in [0.1, 0.15) is 11.4 Å². The first kappa shape index (κ1) is 12.4. The van der Waals surface area contributed by atoms with Crippen LogP contribution < -0.4 is 10.3 Å². The quantitative estimate of drug-likeness (QED) is 0.475. The van der Waals surface area contributed by atoms with Crippen molar-refractivity contribution in [3.63, 3.8) is 0 Å². The summed E-state index contributed by atoms with van der Waals surface area (Å²) in [5, 5.41) is 3.75. The van der Waals surface area contributed by atoms with Crippen LogP contribution in [0.5, 0.6) is 5.75 Å². The predicted molar refractivity (Wildman–Crippen MR) is 91.7 cm³/mol. The van der Waals surface area contributed by atoms with Crippen molar-refractivity contribution in [2.45, 2.75) is 0 Å². The van der Waals surface area contributed by atoms with Gasteiger partial charge in [-0.2, -0.15) is 0 Å². The van der Waals surface area contributed by atoms with E-state index in [1.54, 1.807) is 11.5 Å². The Kier molecular flexibility index (Phi) is 2.26. The van der Waals surface area contributed by atoms with Crippen LogP contribution in [0.25, 0.3) is 38.2 Å². The Morgan fingerprint density at radius 1 is 1.00 bits per heavy atom. The first-order valence-corrected chi connectivity index (χ1v) is 7.41. The molecular weight excluding hydrogens is 288 g/mol. The van der Waals surface area contributed by atoms with Gasteiger partial charge in [-0.15, -0.1) is 0 Å². The van der Waals surface area contributed by atoms with Crippen molar-refractivity contribution in [1.29, 1.82) is 0 Å². The van der Waals surface area contributed by atoms with Gasteiger partial charge in [0.25, 0.3) is 5.56 Å². The van der Waals surface area contributed by atoms with Crippen molar-refractivity contribution in [3.8, 4) is 5.75 Å². The van der Waals surface area contributed by atoms with Gasteiger partial charge in [0.05, 0.1) is 18.1 Å². The monoisotopic (exact) mass is 300 g/mol. The molecule has 5 aromatic rings. The fourth-order valence-electron chi connectivity index (χ4n) is 3.39. The minimum Gasteiger partial charge on any atom is -0.497 e. The van der Waals surface area contributed by atoms with E-state index in [4.69, 9.17) is 4.74 Å². The third-order valence-electron chi connectivity index (χ3n) is 4.44. The summed E-state index contributed by atoms with van der Waals surface area (Å²) in [5.74, 6) is 0.713. The number of methoxy groups -OCH3 is 1. The Bertz CT molecular complexity index is 1270. The molecule has 23 heavy (non-hydrogen) atoms. The molecule has 5 rings (SSSR count). The number of fused-ring (bicyclic) bond motifs is 4. The summed E-state index contributed by atoms with van der Waals surface area (Å²) in [7, 11) is 1.62. The molecule has 4 nitrogen and oxygen atoms in total. The zero-order valence-corrected chi connectivity index (χ0v) is 12.4. The second-order valence-electron chi connectivity index (χ2n) is 5.64. The molecule has 0 aliphatic heterocycles. The van der Waals surface area contributed by atoms with Crippen molar-refractivity contribution in [2.24, 2.45) is 0 Å². The van der Waals surface area contributed by atoms with Gasteiger partial charge in [0.15, 0.2) is 0 Å². The topological polar surface area (TPSA) is 43.6 Å². The average Bonchev–Trinajstić information content (AvgIpc) is 2.98. The van der Waals surface area contributed by atoms with E-state index in [1.807, 2.05) is 54.6 Å². The highest BCUT2D eigenvalue weighted by atomic mass is 16.5. The van der Waals surface area contributed by atoms with E-state index >= 15 is 0 Å². The lowest BCUT2D eigenvalue weighted by Gasteiger charge is -2.06. The summed E-state index contributed by atoms with van der Waals surface area (Å²) in [6, 6.07) is 17.5. The smallest absolute Gasteiger partial charge is 0.264 e. The number of hydrogen-bond donors (Lipinski definition) is 0. The van der Waals surface area contributed by atoms with Crippen molar-refractivity contribution >= 4 is 38.2 Å². The molecule has 3 aromatic carbocycles. The van der Waals surface area contributed by atoms with Crippen LogP contribution in [0, 0.1) is 0 Å². The van der Waals surface area contributed by atoms with E-state index in [1.165, 1.54) is 0 Å². The third kappa shape index (κ3) is 1.50. The maximum Gasteiger partial charge on any atom is 0.264 e. The molecule has 0 N–H and O–H groups in total. The maximum atomic E-state index is 13.1. The molecule has 0 fully saturated rings. The molecule has 4 heteroatoms. The first-order chi connectivity index (χ1) is 11.3. The molecule has 0 aliphatic rings. The lowest BCUT2D eigenvalue weighted by molar-refractivity contribution is 0.415. The maximum absolute atomic E-state index is 13.1. The molecular formula is C19H12N2O2. The molecule has 2 aromatic heterocycles. The van der Waals surface area contributed by atoms with E-state index in [-0.39, 0.29) is 5.56 Å². The largest absolute Gasteiger partial charge is 0.497 e. The SMILES string of the molecule is COc1ccc2nc3c4cccc5cccc(c(=O)n3c2c1)c54. The molecule has 0 unspecified atom stereocenters. The molecule has 0 saturated carbocycles. The fourth-order valence-corrected chi connectivity index (χ4v) is 3.39. The van der Waals surface area contributed by atoms with Crippen LogP contribution in [0.4, 0.5) is 0 Å². The van der Waals surface area contributed by atoms with Crippen LogP contribution in [0.3, 0.4) is 0 Å². The molecule has 0 atom stereocenters. The number of ether oxygens (including phenoxy) is 1.